The van der Waals surface area contributed by atoms with E-state index in [1.165, 1.54) is 0 Å². The van der Waals surface area contributed by atoms with Gasteiger partial charge in [-0.2, -0.15) is 0 Å². The topological polar surface area (TPSA) is 72.9 Å². The standard InChI is InChI=1S/C31H38FN3O4S/c1-19-7-6-8-22(28(19)38-17-20-13-21-9-11-33-15-24(21)25(32)14-20)26-18-40-30(34-26)35-12-10-23(27(16-35)37-5)29(36)39-31(2,3)4/h6-8,13-14,18,23,27,33H,9-12,15-17H2,1-5H3/t23-,27+/m1/s1. The molecule has 5 rings (SSSR count). The van der Waals surface area contributed by atoms with Gasteiger partial charge in [0.1, 0.15) is 23.8 Å². The Morgan fingerprint density at radius 2 is 2.10 bits per heavy atom. The third-order valence-electron chi connectivity index (χ3n) is 7.43. The maximum Gasteiger partial charge on any atom is 0.312 e. The Hall–Kier alpha value is -3.01. The van der Waals surface area contributed by atoms with Gasteiger partial charge in [-0.05, 0) is 75.9 Å². The minimum Gasteiger partial charge on any atom is -0.488 e. The first-order valence-corrected chi connectivity index (χ1v) is 14.7. The molecule has 0 bridgehead atoms. The smallest absolute Gasteiger partial charge is 0.312 e. The molecule has 2 aliphatic rings. The van der Waals surface area contributed by atoms with E-state index in [2.05, 4.69) is 16.3 Å². The Morgan fingerprint density at radius 3 is 2.88 bits per heavy atom. The molecule has 2 aromatic carbocycles. The summed E-state index contributed by atoms with van der Waals surface area (Å²) < 4.78 is 32.4. The summed E-state index contributed by atoms with van der Waals surface area (Å²) in [5.41, 5.74) is 4.82. The first kappa shape index (κ1) is 28.5. The van der Waals surface area contributed by atoms with E-state index >= 15 is 0 Å². The molecule has 1 aromatic heterocycles. The number of nitrogens with one attached hydrogen (secondary N) is 1. The zero-order valence-electron chi connectivity index (χ0n) is 23.9. The van der Waals surface area contributed by atoms with E-state index < -0.39 is 5.60 Å². The lowest BCUT2D eigenvalue weighted by molar-refractivity contribution is -0.165. The minimum atomic E-state index is -0.532. The van der Waals surface area contributed by atoms with Crippen LogP contribution in [0.25, 0.3) is 11.3 Å². The van der Waals surface area contributed by atoms with Crippen LogP contribution in [0.15, 0.2) is 35.7 Å². The number of rotatable bonds is 7. The van der Waals surface area contributed by atoms with Crippen LogP contribution >= 0.6 is 11.3 Å². The van der Waals surface area contributed by atoms with E-state index in [1.807, 2.05) is 51.3 Å². The number of aryl methyl sites for hydroxylation is 1. The van der Waals surface area contributed by atoms with Crippen LogP contribution in [0.4, 0.5) is 9.52 Å². The number of para-hydroxylation sites is 1. The van der Waals surface area contributed by atoms with Crippen molar-refractivity contribution in [1.29, 1.82) is 0 Å². The number of halogens is 1. The minimum absolute atomic E-state index is 0.178. The number of benzene rings is 2. The summed E-state index contributed by atoms with van der Waals surface area (Å²) in [5.74, 6) is 0.0528. The SMILES string of the molecule is CO[C@H]1CN(c2nc(-c3cccc(C)c3OCc3cc(F)c4c(c3)CCNC4)cs2)CC[C@H]1C(=O)OC(C)(C)C. The number of anilines is 1. The lowest BCUT2D eigenvalue weighted by Crippen LogP contribution is -2.49. The Labute approximate surface area is 239 Å². The van der Waals surface area contributed by atoms with Crippen LogP contribution in [-0.4, -0.2) is 49.4 Å². The summed E-state index contributed by atoms with van der Waals surface area (Å²) in [6, 6.07) is 9.65. The monoisotopic (exact) mass is 567 g/mol. The molecule has 0 spiro atoms. The molecule has 3 heterocycles. The third kappa shape index (κ3) is 6.32. The quantitative estimate of drug-likeness (QED) is 0.369. The van der Waals surface area contributed by atoms with E-state index in [1.54, 1.807) is 24.5 Å². The van der Waals surface area contributed by atoms with E-state index in [-0.39, 0.29) is 30.4 Å². The summed E-state index contributed by atoms with van der Waals surface area (Å²) in [6.45, 7) is 10.6. The van der Waals surface area contributed by atoms with Crippen LogP contribution in [-0.2, 0) is 33.8 Å². The predicted molar refractivity (Wildman–Crippen MR) is 155 cm³/mol. The fourth-order valence-corrected chi connectivity index (χ4v) is 6.27. The molecule has 0 amide bonds. The molecule has 3 aromatic rings. The molecule has 0 aliphatic carbocycles. The van der Waals surface area contributed by atoms with Gasteiger partial charge in [-0.1, -0.05) is 18.2 Å². The fraction of sp³-hybridized carbons (Fsp3) is 0.484. The van der Waals surface area contributed by atoms with Crippen LogP contribution in [0.2, 0.25) is 0 Å². The second kappa shape index (κ2) is 11.8. The number of carbonyl (C=O) groups excluding carboxylic acids is 1. The van der Waals surface area contributed by atoms with Crippen molar-refractivity contribution in [3.05, 3.63) is 63.8 Å². The summed E-state index contributed by atoms with van der Waals surface area (Å²) in [7, 11) is 1.64. The number of nitrogens with zero attached hydrogens (tertiary/aromatic N) is 2. The third-order valence-corrected chi connectivity index (χ3v) is 8.33. The Kier molecular flexibility index (Phi) is 8.44. The van der Waals surface area contributed by atoms with Gasteiger partial charge in [-0.15, -0.1) is 11.3 Å². The summed E-state index contributed by atoms with van der Waals surface area (Å²) in [4.78, 5) is 19.9. The molecule has 7 nitrogen and oxygen atoms in total. The van der Waals surface area contributed by atoms with Crippen LogP contribution in [0.1, 0.15) is 49.4 Å². The van der Waals surface area contributed by atoms with Crippen molar-refractivity contribution in [2.24, 2.45) is 5.92 Å². The van der Waals surface area contributed by atoms with Gasteiger partial charge in [-0.25, -0.2) is 9.37 Å². The molecule has 0 unspecified atom stereocenters. The Balaban J connectivity index is 1.31. The van der Waals surface area contributed by atoms with E-state index in [0.29, 0.717) is 26.1 Å². The number of ether oxygens (including phenoxy) is 3. The number of thiazole rings is 1. The van der Waals surface area contributed by atoms with Gasteiger partial charge in [0.2, 0.25) is 0 Å². The number of fused-ring (bicyclic) bond motifs is 1. The molecule has 1 fully saturated rings. The number of aromatic nitrogens is 1. The molecule has 1 N–H and O–H groups in total. The highest BCUT2D eigenvalue weighted by molar-refractivity contribution is 7.14. The van der Waals surface area contributed by atoms with Gasteiger partial charge in [0, 0.05) is 43.3 Å². The van der Waals surface area contributed by atoms with Gasteiger partial charge >= 0.3 is 5.97 Å². The fourth-order valence-electron chi connectivity index (χ4n) is 5.41. The number of esters is 1. The number of hydrogen-bond acceptors (Lipinski definition) is 8. The summed E-state index contributed by atoms with van der Waals surface area (Å²) >= 11 is 1.56. The van der Waals surface area contributed by atoms with Crippen molar-refractivity contribution in [2.75, 3.05) is 31.6 Å². The Morgan fingerprint density at radius 1 is 1.27 bits per heavy atom. The van der Waals surface area contributed by atoms with E-state index in [9.17, 15) is 9.18 Å². The number of methoxy groups -OCH3 is 1. The molecule has 2 atom stereocenters. The van der Waals surface area contributed by atoms with Gasteiger partial charge < -0.3 is 24.4 Å². The summed E-state index contributed by atoms with van der Waals surface area (Å²) in [5, 5.41) is 6.14. The van der Waals surface area contributed by atoms with Crippen molar-refractivity contribution in [3.8, 4) is 17.0 Å². The van der Waals surface area contributed by atoms with E-state index in [0.717, 1.165) is 57.4 Å². The van der Waals surface area contributed by atoms with Crippen molar-refractivity contribution in [1.82, 2.24) is 10.3 Å². The van der Waals surface area contributed by atoms with Gasteiger partial charge in [-0.3, -0.25) is 4.79 Å². The largest absolute Gasteiger partial charge is 0.488 e. The molecule has 9 heteroatoms. The van der Waals surface area contributed by atoms with Gasteiger partial charge in [0.15, 0.2) is 5.13 Å². The molecule has 0 radical (unpaired) electrons. The highest BCUT2D eigenvalue weighted by Gasteiger charge is 2.38. The highest BCUT2D eigenvalue weighted by atomic mass is 32.1. The zero-order valence-corrected chi connectivity index (χ0v) is 24.7. The maximum atomic E-state index is 14.7. The average molecular weight is 568 g/mol. The Bertz CT molecular complexity index is 1370. The van der Waals surface area contributed by atoms with Crippen molar-refractivity contribution in [2.45, 2.75) is 65.4 Å². The number of piperidine rings is 1. The molecular formula is C31H38FN3O4S. The molecule has 0 saturated carbocycles. The maximum absolute atomic E-state index is 14.7. The van der Waals surface area contributed by atoms with Gasteiger partial charge in [0.05, 0.1) is 17.7 Å². The normalized spacial score (nSPS) is 19.3. The lowest BCUT2D eigenvalue weighted by atomic mass is 9.93. The van der Waals surface area contributed by atoms with Crippen molar-refractivity contribution < 1.29 is 23.4 Å². The van der Waals surface area contributed by atoms with Crippen LogP contribution < -0.4 is 15.0 Å². The zero-order chi connectivity index (χ0) is 28.4. The number of hydrogen-bond donors (Lipinski definition) is 1. The molecular weight excluding hydrogens is 529 g/mol. The molecule has 2 aliphatic heterocycles. The predicted octanol–water partition coefficient (Wildman–Crippen LogP) is 5.67. The van der Waals surface area contributed by atoms with Crippen LogP contribution in [0, 0.1) is 18.7 Å². The first-order valence-electron chi connectivity index (χ1n) is 13.8. The average Bonchev–Trinajstić information content (AvgIpc) is 3.41. The second-order valence-corrected chi connectivity index (χ2v) is 12.4. The first-order chi connectivity index (χ1) is 19.1. The van der Waals surface area contributed by atoms with Crippen LogP contribution in [0.5, 0.6) is 5.75 Å². The molecule has 1 saturated heterocycles. The number of carbonyl (C=O) groups is 1. The molecule has 214 valence electrons. The van der Waals surface area contributed by atoms with Crippen molar-refractivity contribution >= 4 is 22.4 Å². The highest BCUT2D eigenvalue weighted by Crippen LogP contribution is 2.37. The molecule has 40 heavy (non-hydrogen) atoms. The summed E-state index contributed by atoms with van der Waals surface area (Å²) in [6.07, 6.45) is 1.17. The van der Waals surface area contributed by atoms with Crippen molar-refractivity contribution in [3.63, 3.8) is 0 Å². The van der Waals surface area contributed by atoms with E-state index in [4.69, 9.17) is 19.2 Å². The van der Waals surface area contributed by atoms with Crippen LogP contribution in [0.3, 0.4) is 0 Å². The second-order valence-electron chi connectivity index (χ2n) is 11.5. The van der Waals surface area contributed by atoms with Gasteiger partial charge in [0.25, 0.3) is 0 Å². The lowest BCUT2D eigenvalue weighted by Gasteiger charge is -2.37.